The van der Waals surface area contributed by atoms with Crippen LogP contribution in [0.5, 0.6) is 0 Å². The minimum Gasteiger partial charge on any atom is -0.311 e. The van der Waals surface area contributed by atoms with E-state index in [9.17, 15) is 0 Å². The van der Waals surface area contributed by atoms with E-state index in [0.29, 0.717) is 0 Å². The van der Waals surface area contributed by atoms with Crippen LogP contribution in [0.15, 0.2) is 249 Å². The Morgan fingerprint density at radius 1 is 0.213 bits per heavy atom. The van der Waals surface area contributed by atoms with Gasteiger partial charge in [-0.3, -0.25) is 0 Å². The molecule has 11 aromatic rings. The monoisotopic (exact) mass is 775 g/mol. The van der Waals surface area contributed by atoms with Crippen molar-refractivity contribution < 1.29 is 0 Å². The smallest absolute Gasteiger partial charge is 0.0462 e. The molecule has 0 heterocycles. The van der Waals surface area contributed by atoms with Gasteiger partial charge in [0.1, 0.15) is 0 Å². The lowest BCUT2D eigenvalue weighted by Gasteiger charge is -2.26. The van der Waals surface area contributed by atoms with E-state index in [1.807, 2.05) is 0 Å². The largest absolute Gasteiger partial charge is 0.311 e. The van der Waals surface area contributed by atoms with Crippen molar-refractivity contribution in [1.29, 1.82) is 0 Å². The topological polar surface area (TPSA) is 3.24 Å². The Morgan fingerprint density at radius 2 is 0.607 bits per heavy atom. The lowest BCUT2D eigenvalue weighted by Crippen LogP contribution is -2.09. The van der Waals surface area contributed by atoms with E-state index in [4.69, 9.17) is 0 Å². The van der Waals surface area contributed by atoms with Crippen molar-refractivity contribution in [3.05, 3.63) is 249 Å². The van der Waals surface area contributed by atoms with Crippen molar-refractivity contribution in [2.45, 2.75) is 0 Å². The fourth-order valence-corrected chi connectivity index (χ4v) is 8.89. The second-order valence-corrected chi connectivity index (χ2v) is 15.8. The Bertz CT molecular complexity index is 3200. The van der Waals surface area contributed by atoms with E-state index in [-0.39, 0.29) is 0 Å². The number of benzene rings is 11. The molecule has 0 unspecified atom stereocenters. The maximum absolute atomic E-state index is 2.36. The van der Waals surface area contributed by atoms with Crippen LogP contribution in [-0.2, 0) is 0 Å². The Kier molecular flexibility index (Phi) is 9.26. The molecule has 0 saturated heterocycles. The first-order chi connectivity index (χ1) is 30.2. The van der Waals surface area contributed by atoms with Crippen LogP contribution in [0.3, 0.4) is 0 Å². The third-order valence-corrected chi connectivity index (χ3v) is 12.0. The average molecular weight is 776 g/mol. The van der Waals surface area contributed by atoms with Gasteiger partial charge in [-0.1, -0.05) is 194 Å². The Labute approximate surface area is 357 Å². The van der Waals surface area contributed by atoms with Crippen LogP contribution in [-0.4, -0.2) is 0 Å². The summed E-state index contributed by atoms with van der Waals surface area (Å²) in [7, 11) is 0. The zero-order chi connectivity index (χ0) is 40.5. The quantitative estimate of drug-likeness (QED) is 0.149. The van der Waals surface area contributed by atoms with Gasteiger partial charge < -0.3 is 4.90 Å². The molecule has 0 saturated carbocycles. The third-order valence-electron chi connectivity index (χ3n) is 12.0. The highest BCUT2D eigenvalue weighted by molar-refractivity contribution is 6.04. The molecule has 0 N–H and O–H groups in total. The van der Waals surface area contributed by atoms with E-state index >= 15 is 0 Å². The molecule has 0 fully saturated rings. The van der Waals surface area contributed by atoms with Crippen molar-refractivity contribution in [3.63, 3.8) is 0 Å². The minimum atomic E-state index is 1.10. The lowest BCUT2D eigenvalue weighted by atomic mass is 9.89. The molecule has 61 heavy (non-hydrogen) atoms. The van der Waals surface area contributed by atoms with Gasteiger partial charge in [0, 0.05) is 17.1 Å². The van der Waals surface area contributed by atoms with Gasteiger partial charge in [0.15, 0.2) is 0 Å². The zero-order valence-electron chi connectivity index (χ0n) is 33.6. The number of fused-ring (bicyclic) bond motifs is 3. The van der Waals surface area contributed by atoms with Crippen LogP contribution in [0, 0.1) is 0 Å². The summed E-state index contributed by atoms with van der Waals surface area (Å²) in [4.78, 5) is 2.36. The molecule has 286 valence electrons. The predicted molar refractivity (Wildman–Crippen MR) is 261 cm³/mol. The molecule has 1 nitrogen and oxygen atoms in total. The SMILES string of the molecule is c1ccc(-c2c(-c3cccc(-c4ccc(N(c5ccc(-c6ccc7ccccc7c6)cc5)c5ccc(-c6ccc7ccccc7c6)cc5)cc4)c3)ccc3ccccc23)cc1. The predicted octanol–water partition coefficient (Wildman–Crippen LogP) is 17.0. The maximum atomic E-state index is 2.36. The lowest BCUT2D eigenvalue weighted by molar-refractivity contribution is 1.28. The molecule has 0 spiro atoms. The van der Waals surface area contributed by atoms with Gasteiger partial charge in [0.25, 0.3) is 0 Å². The first kappa shape index (κ1) is 36.1. The summed E-state index contributed by atoms with van der Waals surface area (Å²) in [5.41, 5.74) is 15.4. The summed E-state index contributed by atoms with van der Waals surface area (Å²) in [6.45, 7) is 0. The van der Waals surface area contributed by atoms with Gasteiger partial charge in [0.05, 0.1) is 0 Å². The van der Waals surface area contributed by atoms with Crippen molar-refractivity contribution in [3.8, 4) is 55.6 Å². The fourth-order valence-electron chi connectivity index (χ4n) is 8.89. The molecule has 0 aromatic heterocycles. The highest BCUT2D eigenvalue weighted by Crippen LogP contribution is 2.41. The summed E-state index contributed by atoms with van der Waals surface area (Å²) < 4.78 is 0. The summed E-state index contributed by atoms with van der Waals surface area (Å²) in [5, 5.41) is 7.50. The van der Waals surface area contributed by atoms with Crippen molar-refractivity contribution >= 4 is 49.4 Å². The second kappa shape index (κ2) is 15.6. The standard InChI is InChI=1S/C60H41N/c1-2-14-48(15-3-1)60-58-20-9-8-13-47(58)31-38-59(60)54-19-10-18-51(41-54)44-25-32-55(33-26-44)61(56-34-27-45(28-35-56)52-23-21-42-11-4-6-16-49(42)39-52)57-36-29-46(30-37-57)53-24-22-43-12-5-7-17-50(43)40-53/h1-41H. The minimum absolute atomic E-state index is 1.10. The van der Waals surface area contributed by atoms with Crippen molar-refractivity contribution in [1.82, 2.24) is 0 Å². The molecule has 0 atom stereocenters. The van der Waals surface area contributed by atoms with E-state index in [0.717, 1.165) is 17.1 Å². The molecule has 0 bridgehead atoms. The maximum Gasteiger partial charge on any atom is 0.0462 e. The van der Waals surface area contributed by atoms with Gasteiger partial charge in [-0.05, 0) is 143 Å². The van der Waals surface area contributed by atoms with Gasteiger partial charge in [0.2, 0.25) is 0 Å². The van der Waals surface area contributed by atoms with Crippen LogP contribution in [0.2, 0.25) is 0 Å². The molecule has 0 aliphatic carbocycles. The molecule has 0 amide bonds. The van der Waals surface area contributed by atoms with E-state index in [1.54, 1.807) is 0 Å². The van der Waals surface area contributed by atoms with E-state index < -0.39 is 0 Å². The summed E-state index contributed by atoms with van der Waals surface area (Å²) in [6, 6.07) is 90.4. The van der Waals surface area contributed by atoms with E-state index in [2.05, 4.69) is 254 Å². The second-order valence-electron chi connectivity index (χ2n) is 15.8. The highest BCUT2D eigenvalue weighted by atomic mass is 15.1. The number of hydrogen-bond acceptors (Lipinski definition) is 1. The first-order valence-corrected chi connectivity index (χ1v) is 21.0. The number of rotatable bonds is 8. The van der Waals surface area contributed by atoms with Crippen molar-refractivity contribution in [2.75, 3.05) is 4.90 Å². The molecule has 11 rings (SSSR count). The molecule has 0 aliphatic heterocycles. The molecular formula is C60H41N. The average Bonchev–Trinajstić information content (AvgIpc) is 3.34. The van der Waals surface area contributed by atoms with E-state index in [1.165, 1.54) is 88.0 Å². The summed E-state index contributed by atoms with van der Waals surface area (Å²) in [5.74, 6) is 0. The molecule has 11 aromatic carbocycles. The van der Waals surface area contributed by atoms with Gasteiger partial charge in [-0.25, -0.2) is 0 Å². The number of hydrogen-bond donors (Lipinski definition) is 0. The van der Waals surface area contributed by atoms with Gasteiger partial charge in [-0.2, -0.15) is 0 Å². The highest BCUT2D eigenvalue weighted by Gasteiger charge is 2.16. The number of anilines is 3. The van der Waals surface area contributed by atoms with Crippen molar-refractivity contribution in [2.24, 2.45) is 0 Å². The fraction of sp³-hybridized carbons (Fsp3) is 0. The molecule has 0 radical (unpaired) electrons. The van der Waals surface area contributed by atoms with Crippen LogP contribution in [0.4, 0.5) is 17.1 Å². The third kappa shape index (κ3) is 7.03. The summed E-state index contributed by atoms with van der Waals surface area (Å²) >= 11 is 0. The van der Waals surface area contributed by atoms with Crippen LogP contribution in [0.25, 0.3) is 88.0 Å². The zero-order valence-corrected chi connectivity index (χ0v) is 33.6. The van der Waals surface area contributed by atoms with Gasteiger partial charge in [-0.15, -0.1) is 0 Å². The van der Waals surface area contributed by atoms with Crippen LogP contribution >= 0.6 is 0 Å². The summed E-state index contributed by atoms with van der Waals surface area (Å²) in [6.07, 6.45) is 0. The van der Waals surface area contributed by atoms with Gasteiger partial charge >= 0.3 is 0 Å². The molecular weight excluding hydrogens is 735 g/mol. The number of nitrogens with zero attached hydrogens (tertiary/aromatic N) is 1. The Hall–Kier alpha value is -8.00. The van der Waals surface area contributed by atoms with Crippen LogP contribution < -0.4 is 4.90 Å². The van der Waals surface area contributed by atoms with Crippen LogP contribution in [0.1, 0.15) is 0 Å². The Morgan fingerprint density at radius 3 is 1.15 bits per heavy atom. The normalized spacial score (nSPS) is 11.3. The first-order valence-electron chi connectivity index (χ1n) is 21.0. The Balaban J connectivity index is 0.957. The molecule has 1 heteroatoms. The molecule has 0 aliphatic rings.